The molecular weight excluding hydrogens is 226 g/mol. The molecule has 94 valence electrons. The molecule has 0 unspecified atom stereocenters. The number of nitrogens with two attached hydrogens (primary N) is 1. The van der Waals surface area contributed by atoms with Crippen molar-refractivity contribution in [2.24, 2.45) is 0 Å². The fourth-order valence-electron chi connectivity index (χ4n) is 1.71. The minimum atomic E-state index is 0.643. The highest BCUT2D eigenvalue weighted by atomic mass is 16.5. The monoisotopic (exact) mass is 243 g/mol. The number of nitrogen functional groups attached to an aromatic ring is 1. The first-order valence-electron chi connectivity index (χ1n) is 5.96. The normalized spacial score (nSPS) is 10.1. The summed E-state index contributed by atoms with van der Waals surface area (Å²) in [5.41, 5.74) is 7.46. The van der Waals surface area contributed by atoms with E-state index in [-0.39, 0.29) is 0 Å². The third-order valence-corrected chi connectivity index (χ3v) is 2.54. The van der Waals surface area contributed by atoms with Crippen LogP contribution in [0.3, 0.4) is 0 Å². The summed E-state index contributed by atoms with van der Waals surface area (Å²) in [5.74, 6) is 2.37. The maximum atomic E-state index is 5.82. The molecule has 2 rings (SSSR count). The van der Waals surface area contributed by atoms with E-state index >= 15 is 0 Å². The van der Waals surface area contributed by atoms with Gasteiger partial charge in [0.2, 0.25) is 0 Å². The van der Waals surface area contributed by atoms with Gasteiger partial charge in [-0.3, -0.25) is 0 Å². The smallest absolute Gasteiger partial charge is 0.131 e. The van der Waals surface area contributed by atoms with Crippen LogP contribution in [0.25, 0.3) is 0 Å². The maximum Gasteiger partial charge on any atom is 0.131 e. The van der Waals surface area contributed by atoms with Crippen molar-refractivity contribution in [3.63, 3.8) is 0 Å². The Bertz CT molecular complexity index is 538. The van der Waals surface area contributed by atoms with Crippen LogP contribution >= 0.6 is 0 Å². The molecule has 18 heavy (non-hydrogen) atoms. The fourth-order valence-corrected chi connectivity index (χ4v) is 1.71. The first kappa shape index (κ1) is 12.3. The fraction of sp³-hybridized carbons (Fsp3) is 0.200. The van der Waals surface area contributed by atoms with E-state index in [1.165, 1.54) is 0 Å². The zero-order chi connectivity index (χ0) is 13.0. The molecule has 0 bridgehead atoms. The molecule has 0 aliphatic carbocycles. The molecular formula is C15H17NO2. The van der Waals surface area contributed by atoms with E-state index in [1.54, 1.807) is 0 Å². The average molecular weight is 243 g/mol. The van der Waals surface area contributed by atoms with Gasteiger partial charge in [0, 0.05) is 11.8 Å². The van der Waals surface area contributed by atoms with Crippen LogP contribution in [0.2, 0.25) is 0 Å². The summed E-state index contributed by atoms with van der Waals surface area (Å²) in [6.07, 6.45) is 0. The molecule has 2 aromatic carbocycles. The predicted molar refractivity (Wildman–Crippen MR) is 73.3 cm³/mol. The van der Waals surface area contributed by atoms with Gasteiger partial charge < -0.3 is 15.2 Å². The molecule has 0 aromatic heterocycles. The molecule has 2 N–H and O–H groups in total. The highest BCUT2D eigenvalue weighted by Crippen LogP contribution is 2.28. The lowest BCUT2D eigenvalue weighted by atomic mass is 10.2. The van der Waals surface area contributed by atoms with Crippen molar-refractivity contribution in [2.75, 3.05) is 12.3 Å². The van der Waals surface area contributed by atoms with E-state index < -0.39 is 0 Å². The van der Waals surface area contributed by atoms with Gasteiger partial charge in [-0.2, -0.15) is 0 Å². The summed E-state index contributed by atoms with van der Waals surface area (Å²) in [7, 11) is 0. The van der Waals surface area contributed by atoms with Crippen LogP contribution in [-0.2, 0) is 0 Å². The lowest BCUT2D eigenvalue weighted by Crippen LogP contribution is -1.93. The van der Waals surface area contributed by atoms with Gasteiger partial charge in [0.25, 0.3) is 0 Å². The average Bonchev–Trinajstić information content (AvgIpc) is 2.34. The first-order chi connectivity index (χ1) is 8.69. The number of hydrogen-bond acceptors (Lipinski definition) is 3. The zero-order valence-electron chi connectivity index (χ0n) is 10.6. The number of anilines is 1. The Labute approximate surface area is 107 Å². The van der Waals surface area contributed by atoms with E-state index in [0.29, 0.717) is 6.61 Å². The van der Waals surface area contributed by atoms with Gasteiger partial charge in [-0.1, -0.05) is 6.07 Å². The molecule has 0 saturated carbocycles. The molecule has 0 fully saturated rings. The molecule has 0 amide bonds. The summed E-state index contributed by atoms with van der Waals surface area (Å²) < 4.78 is 11.2. The van der Waals surface area contributed by atoms with E-state index in [0.717, 1.165) is 28.5 Å². The number of rotatable bonds is 4. The van der Waals surface area contributed by atoms with Gasteiger partial charge in [-0.05, 0) is 49.7 Å². The Morgan fingerprint density at radius 2 is 1.83 bits per heavy atom. The minimum absolute atomic E-state index is 0.643. The lowest BCUT2D eigenvalue weighted by molar-refractivity contribution is 0.338. The standard InChI is InChI=1S/C15H17NO2/c1-3-17-13-5-4-6-14(10-13)18-15-8-7-12(16)9-11(15)2/h4-10H,3,16H2,1-2H3. The van der Waals surface area contributed by atoms with Crippen LogP contribution in [-0.4, -0.2) is 6.61 Å². The number of aryl methyl sites for hydroxylation is 1. The molecule has 0 atom stereocenters. The van der Waals surface area contributed by atoms with E-state index in [4.69, 9.17) is 15.2 Å². The number of benzene rings is 2. The highest BCUT2D eigenvalue weighted by Gasteiger charge is 2.03. The van der Waals surface area contributed by atoms with Gasteiger partial charge in [0.1, 0.15) is 17.2 Å². The molecule has 2 aromatic rings. The van der Waals surface area contributed by atoms with Crippen LogP contribution in [0.15, 0.2) is 42.5 Å². The summed E-state index contributed by atoms with van der Waals surface area (Å²) in [5, 5.41) is 0. The Morgan fingerprint density at radius 3 is 2.56 bits per heavy atom. The number of hydrogen-bond donors (Lipinski definition) is 1. The maximum absolute atomic E-state index is 5.82. The van der Waals surface area contributed by atoms with Crippen LogP contribution in [0.4, 0.5) is 5.69 Å². The Morgan fingerprint density at radius 1 is 1.06 bits per heavy atom. The summed E-state index contributed by atoms with van der Waals surface area (Å²) in [6, 6.07) is 13.2. The second-order valence-corrected chi connectivity index (χ2v) is 4.03. The third kappa shape index (κ3) is 2.94. The van der Waals surface area contributed by atoms with Crippen molar-refractivity contribution < 1.29 is 9.47 Å². The van der Waals surface area contributed by atoms with Crippen molar-refractivity contribution in [2.45, 2.75) is 13.8 Å². The molecule has 0 radical (unpaired) electrons. The first-order valence-corrected chi connectivity index (χ1v) is 5.96. The van der Waals surface area contributed by atoms with Crippen molar-refractivity contribution in [1.82, 2.24) is 0 Å². The quantitative estimate of drug-likeness (QED) is 0.831. The molecule has 3 nitrogen and oxygen atoms in total. The van der Waals surface area contributed by atoms with Crippen LogP contribution < -0.4 is 15.2 Å². The van der Waals surface area contributed by atoms with Crippen molar-refractivity contribution in [3.8, 4) is 17.2 Å². The Balaban J connectivity index is 2.20. The SMILES string of the molecule is CCOc1cccc(Oc2ccc(N)cc2C)c1. The van der Waals surface area contributed by atoms with Crippen molar-refractivity contribution in [1.29, 1.82) is 0 Å². The minimum Gasteiger partial charge on any atom is -0.494 e. The van der Waals surface area contributed by atoms with E-state index in [9.17, 15) is 0 Å². The third-order valence-electron chi connectivity index (χ3n) is 2.54. The molecule has 0 heterocycles. The van der Waals surface area contributed by atoms with Crippen LogP contribution in [0.5, 0.6) is 17.2 Å². The molecule has 0 saturated heterocycles. The molecule has 0 aliphatic heterocycles. The highest BCUT2D eigenvalue weighted by molar-refractivity contribution is 5.48. The van der Waals surface area contributed by atoms with E-state index in [2.05, 4.69) is 0 Å². The molecule has 3 heteroatoms. The van der Waals surface area contributed by atoms with Gasteiger partial charge in [-0.25, -0.2) is 0 Å². The number of ether oxygens (including phenoxy) is 2. The lowest BCUT2D eigenvalue weighted by Gasteiger charge is -2.10. The Hall–Kier alpha value is -2.16. The van der Waals surface area contributed by atoms with Crippen LogP contribution in [0, 0.1) is 6.92 Å². The Kier molecular flexibility index (Phi) is 3.72. The predicted octanol–water partition coefficient (Wildman–Crippen LogP) is 3.77. The van der Waals surface area contributed by atoms with Crippen molar-refractivity contribution >= 4 is 5.69 Å². The molecule has 0 aliphatic rings. The topological polar surface area (TPSA) is 44.5 Å². The van der Waals surface area contributed by atoms with Gasteiger partial charge in [0.15, 0.2) is 0 Å². The second-order valence-electron chi connectivity index (χ2n) is 4.03. The summed E-state index contributed by atoms with van der Waals surface area (Å²) in [6.45, 7) is 4.57. The van der Waals surface area contributed by atoms with Gasteiger partial charge in [-0.15, -0.1) is 0 Å². The molecule has 0 spiro atoms. The summed E-state index contributed by atoms with van der Waals surface area (Å²) in [4.78, 5) is 0. The summed E-state index contributed by atoms with van der Waals surface area (Å²) >= 11 is 0. The van der Waals surface area contributed by atoms with E-state index in [1.807, 2.05) is 56.3 Å². The largest absolute Gasteiger partial charge is 0.494 e. The second kappa shape index (κ2) is 5.45. The van der Waals surface area contributed by atoms with Crippen molar-refractivity contribution in [3.05, 3.63) is 48.0 Å². The zero-order valence-corrected chi connectivity index (χ0v) is 10.6. The van der Waals surface area contributed by atoms with Gasteiger partial charge >= 0.3 is 0 Å². The van der Waals surface area contributed by atoms with Crippen LogP contribution in [0.1, 0.15) is 12.5 Å². The van der Waals surface area contributed by atoms with Gasteiger partial charge in [0.05, 0.1) is 6.61 Å².